The molecule has 4 aromatic rings. The average Bonchev–Trinajstić information content (AvgIpc) is 3.30. The number of hydrogen-bond acceptors (Lipinski definition) is 6. The van der Waals surface area contributed by atoms with Crippen molar-refractivity contribution < 1.29 is 9.18 Å². The van der Waals surface area contributed by atoms with Crippen molar-refractivity contribution >= 4 is 23.2 Å². The molecule has 2 aromatic heterocycles. The Morgan fingerprint density at radius 3 is 2.61 bits per heavy atom. The van der Waals surface area contributed by atoms with E-state index in [0.29, 0.717) is 35.0 Å². The highest BCUT2D eigenvalue weighted by Gasteiger charge is 2.11. The number of hydrogen-bond donors (Lipinski definition) is 2. The van der Waals surface area contributed by atoms with Crippen LogP contribution in [0.15, 0.2) is 60.9 Å². The lowest BCUT2D eigenvalue weighted by atomic mass is 10.1. The first kappa shape index (κ1) is 22.3. The van der Waals surface area contributed by atoms with E-state index in [1.807, 2.05) is 12.1 Å². The summed E-state index contributed by atoms with van der Waals surface area (Å²) in [5, 5.41) is 10.4. The maximum atomic E-state index is 13.8. The fraction of sp³-hybridized carbons (Fsp3) is 0.250. The highest BCUT2D eigenvalue weighted by atomic mass is 19.1. The molecule has 1 amide bonds. The maximum absolute atomic E-state index is 13.8. The van der Waals surface area contributed by atoms with Crippen LogP contribution in [-0.2, 0) is 0 Å². The van der Waals surface area contributed by atoms with Crippen LogP contribution in [0.4, 0.5) is 15.9 Å². The summed E-state index contributed by atoms with van der Waals surface area (Å²) in [6, 6.07) is 15.2. The third-order valence-electron chi connectivity index (χ3n) is 5.40. The highest BCUT2D eigenvalue weighted by molar-refractivity contribution is 5.94. The zero-order valence-electron chi connectivity index (χ0n) is 18.6. The predicted octanol–water partition coefficient (Wildman–Crippen LogP) is 3.75. The van der Waals surface area contributed by atoms with E-state index in [4.69, 9.17) is 0 Å². The fourth-order valence-electron chi connectivity index (χ4n) is 3.55. The summed E-state index contributed by atoms with van der Waals surface area (Å²) >= 11 is 0. The summed E-state index contributed by atoms with van der Waals surface area (Å²) in [6.45, 7) is 7.56. The normalized spacial score (nSPS) is 11.2. The van der Waals surface area contributed by atoms with E-state index < -0.39 is 0 Å². The third-order valence-corrected chi connectivity index (χ3v) is 5.40. The average molecular weight is 448 g/mol. The van der Waals surface area contributed by atoms with Crippen molar-refractivity contribution in [2.24, 2.45) is 0 Å². The highest BCUT2D eigenvalue weighted by Crippen LogP contribution is 2.25. The van der Waals surface area contributed by atoms with E-state index >= 15 is 0 Å². The minimum atomic E-state index is -0.335. The van der Waals surface area contributed by atoms with Crippen LogP contribution in [0.1, 0.15) is 24.2 Å². The summed E-state index contributed by atoms with van der Waals surface area (Å²) in [7, 11) is 0. The molecule has 0 bridgehead atoms. The summed E-state index contributed by atoms with van der Waals surface area (Å²) in [5.41, 5.74) is 2.66. The Morgan fingerprint density at radius 1 is 1.09 bits per heavy atom. The summed E-state index contributed by atoms with van der Waals surface area (Å²) in [6.07, 6.45) is 1.41. The van der Waals surface area contributed by atoms with Gasteiger partial charge in [-0.1, -0.05) is 26.0 Å². The molecule has 0 aliphatic carbocycles. The van der Waals surface area contributed by atoms with Gasteiger partial charge in [-0.15, -0.1) is 0 Å². The Balaban J connectivity index is 1.48. The van der Waals surface area contributed by atoms with Crippen molar-refractivity contribution in [3.05, 3.63) is 72.3 Å². The zero-order valence-corrected chi connectivity index (χ0v) is 18.6. The molecule has 0 atom stereocenters. The van der Waals surface area contributed by atoms with Crippen molar-refractivity contribution in [2.45, 2.75) is 13.8 Å². The Morgan fingerprint density at radius 2 is 1.88 bits per heavy atom. The molecule has 0 aliphatic rings. The molecule has 2 heterocycles. The number of likely N-dealkylation sites (N-methyl/N-ethyl adjacent to an activating group) is 1. The van der Waals surface area contributed by atoms with Gasteiger partial charge in [-0.05, 0) is 49.5 Å². The smallest absolute Gasteiger partial charge is 0.254 e. The molecule has 0 unspecified atom stereocenters. The lowest BCUT2D eigenvalue weighted by Crippen LogP contribution is -2.34. The number of nitrogens with zero attached hydrogens (tertiary/aromatic N) is 5. The number of anilines is 2. The van der Waals surface area contributed by atoms with Gasteiger partial charge in [0.1, 0.15) is 18.0 Å². The molecule has 2 aromatic carbocycles. The van der Waals surface area contributed by atoms with E-state index in [2.05, 4.69) is 44.4 Å². The molecule has 2 N–H and O–H groups in total. The fourth-order valence-corrected chi connectivity index (χ4v) is 3.55. The number of benzene rings is 2. The van der Waals surface area contributed by atoms with Gasteiger partial charge in [-0.3, -0.25) is 4.79 Å². The van der Waals surface area contributed by atoms with E-state index in [-0.39, 0.29) is 11.7 Å². The molecule has 170 valence electrons. The Labute approximate surface area is 191 Å². The van der Waals surface area contributed by atoms with Crippen molar-refractivity contribution in [3.8, 4) is 11.3 Å². The van der Waals surface area contributed by atoms with Gasteiger partial charge in [0.2, 0.25) is 0 Å². The number of fused-ring (bicyclic) bond motifs is 1. The predicted molar refractivity (Wildman–Crippen MR) is 126 cm³/mol. The number of aromatic nitrogens is 4. The molecule has 9 heteroatoms. The Kier molecular flexibility index (Phi) is 6.89. The van der Waals surface area contributed by atoms with E-state index in [1.165, 1.54) is 18.5 Å². The zero-order chi connectivity index (χ0) is 23.2. The van der Waals surface area contributed by atoms with Crippen molar-refractivity contribution in [1.82, 2.24) is 29.8 Å². The third kappa shape index (κ3) is 5.32. The second-order valence-corrected chi connectivity index (χ2v) is 7.49. The molecular formula is C24H26FN7O. The quantitative estimate of drug-likeness (QED) is 0.406. The van der Waals surface area contributed by atoms with Gasteiger partial charge in [-0.2, -0.15) is 19.6 Å². The minimum Gasteiger partial charge on any atom is -0.351 e. The van der Waals surface area contributed by atoms with Gasteiger partial charge in [0.15, 0.2) is 0 Å². The number of carbonyl (C=O) groups excluding carboxylic acids is 1. The van der Waals surface area contributed by atoms with Crippen LogP contribution < -0.4 is 10.6 Å². The van der Waals surface area contributed by atoms with Crippen molar-refractivity contribution in [3.63, 3.8) is 0 Å². The molecule has 0 aliphatic heterocycles. The molecule has 0 radical (unpaired) electrons. The summed E-state index contributed by atoms with van der Waals surface area (Å²) in [5.74, 6) is 0.484. The van der Waals surface area contributed by atoms with Gasteiger partial charge in [-0.25, -0.2) is 4.39 Å². The first-order valence-corrected chi connectivity index (χ1v) is 10.9. The number of rotatable bonds is 9. The number of halogens is 1. The van der Waals surface area contributed by atoms with Crippen LogP contribution in [0.25, 0.3) is 17.0 Å². The van der Waals surface area contributed by atoms with Gasteiger partial charge >= 0.3 is 0 Å². The lowest BCUT2D eigenvalue weighted by molar-refractivity contribution is 0.0949. The minimum absolute atomic E-state index is 0.106. The maximum Gasteiger partial charge on any atom is 0.254 e. The molecule has 0 saturated heterocycles. The number of amides is 1. The largest absolute Gasteiger partial charge is 0.351 e. The number of nitrogens with one attached hydrogen (secondary N) is 2. The second-order valence-electron chi connectivity index (χ2n) is 7.49. The first-order chi connectivity index (χ1) is 16.1. The van der Waals surface area contributed by atoms with E-state index in [0.717, 1.165) is 25.3 Å². The molecule has 0 saturated carbocycles. The van der Waals surface area contributed by atoms with Crippen molar-refractivity contribution in [1.29, 1.82) is 0 Å². The molecule has 4 rings (SSSR count). The monoisotopic (exact) mass is 447 g/mol. The van der Waals surface area contributed by atoms with Gasteiger partial charge in [0.25, 0.3) is 11.7 Å². The van der Waals surface area contributed by atoms with Crippen LogP contribution in [0.5, 0.6) is 0 Å². The van der Waals surface area contributed by atoms with E-state index in [9.17, 15) is 9.18 Å². The van der Waals surface area contributed by atoms with Crippen LogP contribution in [0, 0.1) is 5.82 Å². The lowest BCUT2D eigenvalue weighted by Gasteiger charge is -2.18. The standard InChI is InChI=1S/C24H26FN7O/c1-3-31(4-2)13-12-26-23(33)17-8-10-20(11-9-17)29-22-15-21(18-6-5-7-19(25)14-18)32-24(30-22)27-16-28-32/h5-11,14-16H,3-4,12-13H2,1-2H3,(H,26,33)(H,27,28,29,30). The van der Waals surface area contributed by atoms with Crippen LogP contribution in [-0.4, -0.2) is 56.6 Å². The van der Waals surface area contributed by atoms with Crippen LogP contribution in [0.2, 0.25) is 0 Å². The van der Waals surface area contributed by atoms with Crippen LogP contribution >= 0.6 is 0 Å². The first-order valence-electron chi connectivity index (χ1n) is 10.9. The number of carbonyl (C=O) groups is 1. The Hall–Kier alpha value is -3.85. The SMILES string of the molecule is CCN(CC)CCNC(=O)c1ccc(Nc2cc(-c3cccc(F)c3)n3ncnc3n2)cc1. The summed E-state index contributed by atoms with van der Waals surface area (Å²) in [4.78, 5) is 23.3. The Bertz CT molecular complexity index is 1240. The van der Waals surface area contributed by atoms with Crippen LogP contribution in [0.3, 0.4) is 0 Å². The molecule has 33 heavy (non-hydrogen) atoms. The second kappa shape index (κ2) is 10.2. The van der Waals surface area contributed by atoms with E-state index in [1.54, 1.807) is 34.8 Å². The van der Waals surface area contributed by atoms with Gasteiger partial charge in [0.05, 0.1) is 5.69 Å². The van der Waals surface area contributed by atoms with Gasteiger partial charge < -0.3 is 15.5 Å². The van der Waals surface area contributed by atoms with Gasteiger partial charge in [0, 0.05) is 36.0 Å². The summed E-state index contributed by atoms with van der Waals surface area (Å²) < 4.78 is 15.3. The topological polar surface area (TPSA) is 87.5 Å². The molecular weight excluding hydrogens is 421 g/mol. The molecule has 0 fully saturated rings. The molecule has 8 nitrogen and oxygen atoms in total. The van der Waals surface area contributed by atoms with Crippen molar-refractivity contribution in [2.75, 3.05) is 31.5 Å². The molecule has 0 spiro atoms.